The first-order valence-corrected chi connectivity index (χ1v) is 8.93. The van der Waals surface area contributed by atoms with Crippen molar-refractivity contribution in [1.29, 1.82) is 5.26 Å². The van der Waals surface area contributed by atoms with Gasteiger partial charge in [-0.25, -0.2) is 9.78 Å². The minimum absolute atomic E-state index is 0.0114. The van der Waals surface area contributed by atoms with Crippen LogP contribution in [0.5, 0.6) is 0 Å². The topological polar surface area (TPSA) is 131 Å². The van der Waals surface area contributed by atoms with Crippen molar-refractivity contribution in [1.82, 2.24) is 15.0 Å². The maximum Gasteiger partial charge on any atom is 0.326 e. The quantitative estimate of drug-likeness (QED) is 0.591. The lowest BCUT2D eigenvalue weighted by atomic mass is 10.1. The number of nitriles is 1. The van der Waals surface area contributed by atoms with Gasteiger partial charge in [-0.2, -0.15) is 5.26 Å². The molecule has 2 aromatic heterocycles. The number of hydrogen-bond acceptors (Lipinski definition) is 6. The van der Waals surface area contributed by atoms with Gasteiger partial charge in [0.05, 0.1) is 16.8 Å². The summed E-state index contributed by atoms with van der Waals surface area (Å²) in [5.41, 5.74) is 1.11. The Bertz CT molecular complexity index is 1210. The summed E-state index contributed by atoms with van der Waals surface area (Å²) in [5.74, 6) is -0.493. The Morgan fingerprint density at radius 3 is 2.74 bits per heavy atom. The molecule has 0 saturated heterocycles. The molecular weight excluding hydrogens is 366 g/mol. The van der Waals surface area contributed by atoms with E-state index in [0.29, 0.717) is 10.6 Å². The smallest absolute Gasteiger partial charge is 0.319 e. The summed E-state index contributed by atoms with van der Waals surface area (Å²) in [5, 5.41) is 13.1. The molecule has 0 fully saturated rings. The number of aryl methyl sites for hydroxylation is 2. The van der Waals surface area contributed by atoms with Crippen molar-refractivity contribution < 1.29 is 4.79 Å². The minimum atomic E-state index is -0.675. The zero-order valence-corrected chi connectivity index (χ0v) is 15.4. The molecular formula is C18H15N5O3S. The first-order chi connectivity index (χ1) is 12.9. The van der Waals surface area contributed by atoms with E-state index in [1.807, 2.05) is 25.1 Å². The number of carbonyl (C=O) groups excluding carboxylic acids is 1. The van der Waals surface area contributed by atoms with E-state index in [4.69, 9.17) is 0 Å². The van der Waals surface area contributed by atoms with Crippen LogP contribution >= 0.6 is 11.8 Å². The lowest BCUT2D eigenvalue weighted by Crippen LogP contribution is -2.29. The van der Waals surface area contributed by atoms with Crippen LogP contribution in [0.3, 0.4) is 0 Å². The summed E-state index contributed by atoms with van der Waals surface area (Å²) in [6, 6.07) is 9.56. The third kappa shape index (κ3) is 4.07. The molecule has 0 saturated carbocycles. The molecule has 0 aliphatic heterocycles. The molecule has 3 rings (SSSR count). The second kappa shape index (κ2) is 7.47. The van der Waals surface area contributed by atoms with E-state index in [0.717, 1.165) is 28.2 Å². The van der Waals surface area contributed by atoms with Crippen LogP contribution in [0, 0.1) is 25.2 Å². The van der Waals surface area contributed by atoms with E-state index < -0.39 is 17.2 Å². The van der Waals surface area contributed by atoms with Crippen molar-refractivity contribution in [2.45, 2.75) is 18.9 Å². The van der Waals surface area contributed by atoms with Gasteiger partial charge in [0.25, 0.3) is 5.56 Å². The number of carbonyl (C=O) groups is 1. The van der Waals surface area contributed by atoms with Crippen molar-refractivity contribution in [3.05, 3.63) is 61.9 Å². The van der Waals surface area contributed by atoms with Crippen LogP contribution in [-0.4, -0.2) is 26.6 Å². The van der Waals surface area contributed by atoms with Gasteiger partial charge in [0.2, 0.25) is 5.91 Å². The molecule has 0 spiro atoms. The molecule has 0 unspecified atom stereocenters. The van der Waals surface area contributed by atoms with E-state index in [1.165, 1.54) is 6.92 Å². The normalized spacial score (nSPS) is 10.6. The number of thioether (sulfide) groups is 1. The Hall–Kier alpha value is -3.38. The molecule has 2 heterocycles. The largest absolute Gasteiger partial charge is 0.326 e. The second-order valence-corrected chi connectivity index (χ2v) is 6.86. The monoisotopic (exact) mass is 381 g/mol. The number of nitrogens with zero attached hydrogens (tertiary/aromatic N) is 2. The van der Waals surface area contributed by atoms with Gasteiger partial charge in [-0.15, -0.1) is 0 Å². The van der Waals surface area contributed by atoms with Crippen LogP contribution in [0.15, 0.2) is 38.9 Å². The first-order valence-electron chi connectivity index (χ1n) is 7.94. The van der Waals surface area contributed by atoms with E-state index in [-0.39, 0.29) is 17.1 Å². The summed E-state index contributed by atoms with van der Waals surface area (Å²) in [6.45, 7) is 3.47. The number of pyridine rings is 1. The zero-order valence-electron chi connectivity index (χ0n) is 14.5. The third-order valence-corrected chi connectivity index (χ3v) is 4.78. The lowest BCUT2D eigenvalue weighted by Gasteiger charge is -2.08. The van der Waals surface area contributed by atoms with Gasteiger partial charge in [0, 0.05) is 11.1 Å². The average molecular weight is 381 g/mol. The zero-order chi connectivity index (χ0) is 19.6. The average Bonchev–Trinajstić information content (AvgIpc) is 2.62. The molecule has 0 bridgehead atoms. The molecule has 8 nitrogen and oxygen atoms in total. The molecule has 0 radical (unpaired) electrons. The molecule has 3 aromatic rings. The second-order valence-electron chi connectivity index (χ2n) is 5.89. The van der Waals surface area contributed by atoms with Gasteiger partial charge < -0.3 is 10.3 Å². The Morgan fingerprint density at radius 1 is 1.26 bits per heavy atom. The van der Waals surface area contributed by atoms with Crippen molar-refractivity contribution >= 4 is 34.3 Å². The number of anilines is 1. The van der Waals surface area contributed by atoms with Gasteiger partial charge in [0.15, 0.2) is 0 Å². The first kappa shape index (κ1) is 18.4. The number of H-pyrrole nitrogens is 2. The summed E-state index contributed by atoms with van der Waals surface area (Å²) < 4.78 is 0. The Labute approximate surface area is 157 Å². The summed E-state index contributed by atoms with van der Waals surface area (Å²) in [7, 11) is 0. The number of amides is 1. The molecule has 3 N–H and O–H groups in total. The standard InChI is InChI=1S/C18H15N5O3S/c1-9-3-4-13-11(5-9)6-12(7-19)17(21-13)27-8-14(24)22-15-10(2)20-18(26)23-16(15)25/h3-6H,8H2,1-2H3,(H,22,24)(H2,20,23,25,26). The van der Waals surface area contributed by atoms with Gasteiger partial charge in [-0.3, -0.25) is 14.6 Å². The van der Waals surface area contributed by atoms with E-state index in [9.17, 15) is 19.6 Å². The highest BCUT2D eigenvalue weighted by Gasteiger charge is 2.13. The van der Waals surface area contributed by atoms with E-state index in [1.54, 1.807) is 6.07 Å². The van der Waals surface area contributed by atoms with E-state index in [2.05, 4.69) is 26.3 Å². The SMILES string of the molecule is Cc1ccc2nc(SCC(=O)Nc3c(C)[nH]c(=O)[nH]c3=O)c(C#N)cc2c1. The summed E-state index contributed by atoms with van der Waals surface area (Å²) in [4.78, 5) is 44.1. The molecule has 1 amide bonds. The van der Waals surface area contributed by atoms with Crippen LogP contribution < -0.4 is 16.6 Å². The van der Waals surface area contributed by atoms with Crippen LogP contribution in [0.2, 0.25) is 0 Å². The number of aromatic nitrogens is 3. The Kier molecular flexibility index (Phi) is 5.09. The summed E-state index contributed by atoms with van der Waals surface area (Å²) in [6.07, 6.45) is 0. The van der Waals surface area contributed by atoms with Gasteiger partial charge in [-0.1, -0.05) is 23.4 Å². The maximum absolute atomic E-state index is 12.2. The molecule has 0 aliphatic carbocycles. The molecule has 27 heavy (non-hydrogen) atoms. The third-order valence-electron chi connectivity index (χ3n) is 3.79. The predicted molar refractivity (Wildman–Crippen MR) is 103 cm³/mol. The maximum atomic E-state index is 12.2. The van der Waals surface area contributed by atoms with Crippen molar-refractivity contribution in [2.75, 3.05) is 11.1 Å². The Balaban J connectivity index is 1.79. The van der Waals surface area contributed by atoms with Crippen LogP contribution in [0.1, 0.15) is 16.8 Å². The van der Waals surface area contributed by atoms with E-state index >= 15 is 0 Å². The van der Waals surface area contributed by atoms with Crippen LogP contribution in [0.25, 0.3) is 10.9 Å². The molecule has 136 valence electrons. The molecule has 1 aromatic carbocycles. The highest BCUT2D eigenvalue weighted by molar-refractivity contribution is 8.00. The molecule has 0 aliphatic rings. The van der Waals surface area contributed by atoms with Gasteiger partial charge in [-0.05, 0) is 32.0 Å². The van der Waals surface area contributed by atoms with Gasteiger partial charge in [0.1, 0.15) is 16.8 Å². The Morgan fingerprint density at radius 2 is 2.04 bits per heavy atom. The predicted octanol–water partition coefficient (Wildman–Crippen LogP) is 1.83. The van der Waals surface area contributed by atoms with Crippen LogP contribution in [0.4, 0.5) is 5.69 Å². The number of fused-ring (bicyclic) bond motifs is 1. The fourth-order valence-electron chi connectivity index (χ4n) is 2.53. The van der Waals surface area contributed by atoms with Gasteiger partial charge >= 0.3 is 5.69 Å². The summed E-state index contributed by atoms with van der Waals surface area (Å²) >= 11 is 1.10. The minimum Gasteiger partial charge on any atom is -0.319 e. The highest BCUT2D eigenvalue weighted by atomic mass is 32.2. The van der Waals surface area contributed by atoms with Crippen molar-refractivity contribution in [3.63, 3.8) is 0 Å². The lowest BCUT2D eigenvalue weighted by molar-refractivity contribution is -0.113. The molecule has 0 atom stereocenters. The fourth-order valence-corrected chi connectivity index (χ4v) is 3.29. The number of nitrogens with one attached hydrogen (secondary N) is 3. The van der Waals surface area contributed by atoms with Crippen molar-refractivity contribution in [2.24, 2.45) is 0 Å². The number of rotatable bonds is 4. The number of aromatic amines is 2. The number of benzene rings is 1. The molecule has 9 heteroatoms. The number of hydrogen-bond donors (Lipinski definition) is 3. The van der Waals surface area contributed by atoms with Crippen LogP contribution in [-0.2, 0) is 4.79 Å². The highest BCUT2D eigenvalue weighted by Crippen LogP contribution is 2.25. The fraction of sp³-hybridized carbons (Fsp3) is 0.167. The van der Waals surface area contributed by atoms with Crippen molar-refractivity contribution in [3.8, 4) is 6.07 Å².